The van der Waals surface area contributed by atoms with Gasteiger partial charge in [-0.05, 0) is 37.8 Å². The number of rotatable bonds is 2. The molecule has 1 aliphatic rings. The van der Waals surface area contributed by atoms with Crippen molar-refractivity contribution in [2.75, 3.05) is 0 Å². The van der Waals surface area contributed by atoms with Gasteiger partial charge < -0.3 is 20.9 Å². The van der Waals surface area contributed by atoms with Gasteiger partial charge in [0.1, 0.15) is 5.75 Å². The van der Waals surface area contributed by atoms with E-state index in [0.29, 0.717) is 11.7 Å². The molecule has 0 aliphatic heterocycles. The fraction of sp³-hybridized carbons (Fsp3) is 0.529. The average Bonchev–Trinajstić information content (AvgIpc) is 2.90. The molecule has 1 saturated carbocycles. The summed E-state index contributed by atoms with van der Waals surface area (Å²) in [6.07, 6.45) is 7.63. The van der Waals surface area contributed by atoms with Gasteiger partial charge in [-0.3, -0.25) is 0 Å². The van der Waals surface area contributed by atoms with E-state index in [2.05, 4.69) is 4.98 Å². The number of aromatic nitrogens is 1. The van der Waals surface area contributed by atoms with E-state index in [1.807, 2.05) is 24.3 Å². The lowest BCUT2D eigenvalue weighted by molar-refractivity contribution is 0.119. The van der Waals surface area contributed by atoms with Crippen LogP contribution in [0.5, 0.6) is 5.75 Å². The summed E-state index contributed by atoms with van der Waals surface area (Å²) in [5.41, 5.74) is 6.81. The van der Waals surface area contributed by atoms with Crippen molar-refractivity contribution >= 4 is 10.9 Å². The van der Waals surface area contributed by atoms with E-state index >= 15 is 0 Å². The Morgan fingerprint density at radius 1 is 1.19 bits per heavy atom. The molecule has 0 spiro atoms. The molecule has 4 nitrogen and oxygen atoms in total. The summed E-state index contributed by atoms with van der Waals surface area (Å²) in [5.74, 6) is 0.888. The third-order valence-corrected chi connectivity index (χ3v) is 4.32. The van der Waals surface area contributed by atoms with E-state index in [1.165, 1.54) is 32.1 Å². The Bertz CT molecular complexity index is 544. The molecule has 4 heteroatoms. The molecule has 1 heterocycles. The summed E-state index contributed by atoms with van der Waals surface area (Å²) < 4.78 is 0. The highest BCUT2D eigenvalue weighted by atomic mass is 16.3. The number of H-pyrrole nitrogens is 1. The number of aliphatic hydroxyl groups is 1. The van der Waals surface area contributed by atoms with Crippen molar-refractivity contribution in [1.29, 1.82) is 0 Å². The predicted molar refractivity (Wildman–Crippen MR) is 86.2 cm³/mol. The Morgan fingerprint density at radius 3 is 2.48 bits per heavy atom. The molecule has 1 fully saturated rings. The third-order valence-electron chi connectivity index (χ3n) is 4.32. The first-order valence-corrected chi connectivity index (χ1v) is 7.78. The van der Waals surface area contributed by atoms with E-state index in [1.54, 1.807) is 13.1 Å². The second kappa shape index (κ2) is 7.48. The second-order valence-corrected chi connectivity index (χ2v) is 5.94. The number of hydrogen-bond acceptors (Lipinski definition) is 3. The number of nitrogens with one attached hydrogen (secondary N) is 1. The molecule has 116 valence electrons. The Hall–Kier alpha value is -1.52. The standard InChI is InChI=1S/C9H19NO.C8H7NO/c1-7(11)9(10)8-5-3-2-4-6-8;10-8-5-9-7-4-2-1-3-6(7)8/h7-9,11H,2-6,10H2,1H3;1-5,9-10H. The second-order valence-electron chi connectivity index (χ2n) is 5.94. The van der Waals surface area contributed by atoms with Crippen molar-refractivity contribution in [3.63, 3.8) is 0 Å². The van der Waals surface area contributed by atoms with Crippen LogP contribution in [0.2, 0.25) is 0 Å². The molecule has 1 aromatic heterocycles. The maximum absolute atomic E-state index is 9.25. The normalized spacial score (nSPS) is 18.8. The molecule has 0 saturated heterocycles. The van der Waals surface area contributed by atoms with Gasteiger partial charge in [0.25, 0.3) is 0 Å². The number of para-hydroxylation sites is 1. The highest BCUT2D eigenvalue weighted by molar-refractivity contribution is 5.85. The lowest BCUT2D eigenvalue weighted by atomic mass is 9.82. The van der Waals surface area contributed by atoms with Crippen molar-refractivity contribution in [3.8, 4) is 5.75 Å². The topological polar surface area (TPSA) is 82.3 Å². The minimum atomic E-state index is -0.335. The first-order valence-electron chi connectivity index (χ1n) is 7.78. The molecule has 21 heavy (non-hydrogen) atoms. The van der Waals surface area contributed by atoms with E-state index in [-0.39, 0.29) is 12.1 Å². The summed E-state index contributed by atoms with van der Waals surface area (Å²) in [7, 11) is 0. The number of aromatic amines is 1. The van der Waals surface area contributed by atoms with Crippen LogP contribution in [0.4, 0.5) is 0 Å². The molecule has 5 N–H and O–H groups in total. The Labute approximate surface area is 126 Å². The van der Waals surface area contributed by atoms with Gasteiger partial charge in [0.15, 0.2) is 0 Å². The van der Waals surface area contributed by atoms with Gasteiger partial charge in [-0.1, -0.05) is 31.4 Å². The lowest BCUT2D eigenvalue weighted by Crippen LogP contribution is -2.40. The summed E-state index contributed by atoms with van der Waals surface area (Å²) in [6.45, 7) is 1.79. The zero-order valence-electron chi connectivity index (χ0n) is 12.6. The minimum Gasteiger partial charge on any atom is -0.506 e. The smallest absolute Gasteiger partial charge is 0.140 e. The first kappa shape index (κ1) is 15.9. The van der Waals surface area contributed by atoms with Crippen LogP contribution in [0.3, 0.4) is 0 Å². The van der Waals surface area contributed by atoms with Crippen molar-refractivity contribution < 1.29 is 10.2 Å². The molecule has 1 aliphatic carbocycles. The van der Waals surface area contributed by atoms with E-state index in [4.69, 9.17) is 5.73 Å². The van der Waals surface area contributed by atoms with E-state index in [9.17, 15) is 10.2 Å². The zero-order valence-corrected chi connectivity index (χ0v) is 12.6. The predicted octanol–water partition coefficient (Wildman–Crippen LogP) is 3.15. The first-order chi connectivity index (χ1) is 10.1. The van der Waals surface area contributed by atoms with Gasteiger partial charge in [-0.25, -0.2) is 0 Å². The molecular formula is C17H26N2O2. The number of aliphatic hydroxyl groups excluding tert-OH is 1. The number of aromatic hydroxyl groups is 1. The van der Waals surface area contributed by atoms with Crippen molar-refractivity contribution in [2.24, 2.45) is 11.7 Å². The fourth-order valence-electron chi connectivity index (χ4n) is 2.97. The maximum Gasteiger partial charge on any atom is 0.140 e. The van der Waals surface area contributed by atoms with Crippen LogP contribution in [-0.2, 0) is 0 Å². The summed E-state index contributed by atoms with van der Waals surface area (Å²) >= 11 is 0. The van der Waals surface area contributed by atoms with E-state index in [0.717, 1.165) is 10.9 Å². The van der Waals surface area contributed by atoms with Crippen LogP contribution in [0.25, 0.3) is 10.9 Å². The summed E-state index contributed by atoms with van der Waals surface area (Å²) in [6, 6.07) is 7.64. The van der Waals surface area contributed by atoms with Gasteiger partial charge in [0, 0.05) is 23.1 Å². The van der Waals surface area contributed by atoms with Crippen LogP contribution in [0, 0.1) is 5.92 Å². The van der Waals surface area contributed by atoms with E-state index < -0.39 is 0 Å². The van der Waals surface area contributed by atoms with Crippen LogP contribution < -0.4 is 5.73 Å². The van der Waals surface area contributed by atoms with Crippen molar-refractivity contribution in [2.45, 2.75) is 51.2 Å². The SMILES string of the molecule is CC(O)C(N)C1CCCCC1.Oc1c[nH]c2ccccc12. The average molecular weight is 290 g/mol. The minimum absolute atomic E-state index is 0.00954. The van der Waals surface area contributed by atoms with Crippen LogP contribution >= 0.6 is 0 Å². The number of hydrogen-bond donors (Lipinski definition) is 4. The van der Waals surface area contributed by atoms with Gasteiger partial charge in [-0.15, -0.1) is 0 Å². The van der Waals surface area contributed by atoms with Crippen LogP contribution in [0.1, 0.15) is 39.0 Å². The molecule has 0 bridgehead atoms. The van der Waals surface area contributed by atoms with Crippen LogP contribution in [0.15, 0.2) is 30.5 Å². The molecular weight excluding hydrogens is 264 g/mol. The summed E-state index contributed by atoms with van der Waals surface area (Å²) in [5, 5.41) is 19.3. The Balaban J connectivity index is 0.000000154. The highest BCUT2D eigenvalue weighted by Crippen LogP contribution is 2.26. The number of benzene rings is 1. The maximum atomic E-state index is 9.25. The van der Waals surface area contributed by atoms with Gasteiger partial charge in [0.05, 0.1) is 6.10 Å². The van der Waals surface area contributed by atoms with Crippen molar-refractivity contribution in [3.05, 3.63) is 30.5 Å². The van der Waals surface area contributed by atoms with Gasteiger partial charge in [-0.2, -0.15) is 0 Å². The largest absolute Gasteiger partial charge is 0.506 e. The molecule has 2 atom stereocenters. The van der Waals surface area contributed by atoms with Crippen LogP contribution in [-0.4, -0.2) is 27.3 Å². The quantitative estimate of drug-likeness (QED) is 0.685. The van der Waals surface area contributed by atoms with Crippen molar-refractivity contribution in [1.82, 2.24) is 4.98 Å². The Kier molecular flexibility index (Phi) is 5.65. The molecule has 2 aromatic rings. The molecule has 3 rings (SSSR count). The zero-order chi connectivity index (χ0) is 15.2. The third kappa shape index (κ3) is 4.22. The van der Waals surface area contributed by atoms with Gasteiger partial charge in [0.2, 0.25) is 0 Å². The summed E-state index contributed by atoms with van der Waals surface area (Å²) in [4.78, 5) is 2.94. The molecule has 2 unspecified atom stereocenters. The molecule has 0 amide bonds. The Morgan fingerprint density at radius 2 is 1.86 bits per heavy atom. The lowest BCUT2D eigenvalue weighted by Gasteiger charge is -2.29. The number of nitrogens with two attached hydrogens (primary N) is 1. The molecule has 0 radical (unpaired) electrons. The van der Waals surface area contributed by atoms with Gasteiger partial charge >= 0.3 is 0 Å². The fourth-order valence-corrected chi connectivity index (χ4v) is 2.97. The number of fused-ring (bicyclic) bond motifs is 1. The monoisotopic (exact) mass is 290 g/mol. The highest BCUT2D eigenvalue weighted by Gasteiger charge is 2.23. The molecule has 1 aromatic carbocycles.